The number of thioether (sulfide) groups is 1. The number of hydrogen-bond donors (Lipinski definition) is 1. The van der Waals surface area contributed by atoms with Crippen LogP contribution in [0, 0.1) is 0 Å². The molecule has 0 saturated carbocycles. The number of anilines is 2. The van der Waals surface area contributed by atoms with Crippen LogP contribution in [0.1, 0.15) is 16.7 Å². The van der Waals surface area contributed by atoms with Crippen LogP contribution in [0.3, 0.4) is 0 Å². The van der Waals surface area contributed by atoms with Crippen LogP contribution in [0.15, 0.2) is 88.8 Å². The summed E-state index contributed by atoms with van der Waals surface area (Å²) in [7, 11) is 0. The molecule has 0 bridgehead atoms. The molecular formula is C25H22N4O2S. The SMILES string of the molecule is O=C(CSc1n[nH]c(=O)n1Cc1ccccc1)N1c2ccccc2CCc2ccccc21. The third kappa shape index (κ3) is 3.99. The Hall–Kier alpha value is -3.58. The molecule has 4 aromatic rings. The van der Waals surface area contributed by atoms with E-state index in [0.717, 1.165) is 40.9 Å². The van der Waals surface area contributed by atoms with Gasteiger partial charge in [0.05, 0.1) is 23.7 Å². The molecule has 6 nitrogen and oxygen atoms in total. The van der Waals surface area contributed by atoms with Crippen LogP contribution in [-0.4, -0.2) is 26.4 Å². The molecule has 3 aromatic carbocycles. The Morgan fingerprint density at radius 1 is 0.875 bits per heavy atom. The molecule has 1 aliphatic heterocycles. The lowest BCUT2D eigenvalue weighted by atomic mass is 10.0. The highest BCUT2D eigenvalue weighted by atomic mass is 32.2. The molecule has 1 amide bonds. The van der Waals surface area contributed by atoms with E-state index in [4.69, 9.17) is 0 Å². The number of carbonyl (C=O) groups is 1. The van der Waals surface area contributed by atoms with Crippen molar-refractivity contribution in [1.29, 1.82) is 0 Å². The minimum absolute atomic E-state index is 0.0430. The predicted octanol–water partition coefficient (Wildman–Crippen LogP) is 4.18. The maximum atomic E-state index is 13.5. The van der Waals surface area contributed by atoms with Crippen LogP contribution in [-0.2, 0) is 24.2 Å². The maximum Gasteiger partial charge on any atom is 0.344 e. The molecule has 0 aliphatic carbocycles. The van der Waals surface area contributed by atoms with Gasteiger partial charge in [-0.15, -0.1) is 5.10 Å². The Bertz CT molecular complexity index is 1270. The molecule has 0 unspecified atom stereocenters. The molecule has 1 N–H and O–H groups in total. The first kappa shape index (κ1) is 20.3. The summed E-state index contributed by atoms with van der Waals surface area (Å²) >= 11 is 1.27. The molecular weight excluding hydrogens is 420 g/mol. The molecule has 32 heavy (non-hydrogen) atoms. The minimum atomic E-state index is -0.283. The first-order valence-electron chi connectivity index (χ1n) is 10.5. The van der Waals surface area contributed by atoms with Crippen LogP contribution in [0.4, 0.5) is 11.4 Å². The van der Waals surface area contributed by atoms with Crippen molar-refractivity contribution in [1.82, 2.24) is 14.8 Å². The summed E-state index contributed by atoms with van der Waals surface area (Å²) in [5.41, 5.74) is 4.87. The summed E-state index contributed by atoms with van der Waals surface area (Å²) in [5.74, 6) is 0.125. The molecule has 2 heterocycles. The van der Waals surface area contributed by atoms with Gasteiger partial charge in [0.1, 0.15) is 0 Å². The third-order valence-electron chi connectivity index (χ3n) is 5.61. The second kappa shape index (κ2) is 8.88. The lowest BCUT2D eigenvalue weighted by Crippen LogP contribution is -2.28. The number of nitrogens with one attached hydrogen (secondary N) is 1. The van der Waals surface area contributed by atoms with Gasteiger partial charge in [0.25, 0.3) is 0 Å². The largest absolute Gasteiger partial charge is 0.344 e. The summed E-state index contributed by atoms with van der Waals surface area (Å²) in [6.07, 6.45) is 1.78. The number of aromatic amines is 1. The number of benzene rings is 3. The Morgan fingerprint density at radius 3 is 2.12 bits per heavy atom. The Balaban J connectivity index is 1.42. The van der Waals surface area contributed by atoms with Crippen molar-refractivity contribution < 1.29 is 4.79 Å². The summed E-state index contributed by atoms with van der Waals surface area (Å²) in [4.78, 5) is 27.6. The van der Waals surface area contributed by atoms with Crippen molar-refractivity contribution in [2.24, 2.45) is 0 Å². The van der Waals surface area contributed by atoms with E-state index in [1.807, 2.05) is 71.6 Å². The number of nitrogens with zero attached hydrogens (tertiary/aromatic N) is 3. The topological polar surface area (TPSA) is 71.0 Å². The fourth-order valence-electron chi connectivity index (χ4n) is 4.06. The number of para-hydroxylation sites is 2. The number of H-pyrrole nitrogens is 1. The van der Waals surface area contributed by atoms with E-state index in [-0.39, 0.29) is 17.3 Å². The lowest BCUT2D eigenvalue weighted by Gasteiger charge is -2.24. The van der Waals surface area contributed by atoms with E-state index >= 15 is 0 Å². The van der Waals surface area contributed by atoms with Crippen molar-refractivity contribution >= 4 is 29.0 Å². The van der Waals surface area contributed by atoms with E-state index in [9.17, 15) is 9.59 Å². The van der Waals surface area contributed by atoms with E-state index in [0.29, 0.717) is 11.7 Å². The fraction of sp³-hybridized carbons (Fsp3) is 0.160. The number of rotatable bonds is 5. The van der Waals surface area contributed by atoms with E-state index in [2.05, 4.69) is 22.3 Å². The molecule has 5 rings (SSSR count). The van der Waals surface area contributed by atoms with Crippen molar-refractivity contribution in [2.75, 3.05) is 10.7 Å². The summed E-state index contributed by atoms with van der Waals surface area (Å²) in [5, 5.41) is 7.17. The number of amides is 1. The molecule has 7 heteroatoms. The molecule has 0 radical (unpaired) electrons. The zero-order valence-electron chi connectivity index (χ0n) is 17.4. The van der Waals surface area contributed by atoms with Gasteiger partial charge >= 0.3 is 5.69 Å². The highest BCUT2D eigenvalue weighted by Crippen LogP contribution is 2.36. The first-order chi connectivity index (χ1) is 15.7. The van der Waals surface area contributed by atoms with Gasteiger partial charge in [-0.05, 0) is 41.7 Å². The number of aromatic nitrogens is 3. The maximum absolute atomic E-state index is 13.5. The normalized spacial score (nSPS) is 12.7. The highest BCUT2D eigenvalue weighted by Gasteiger charge is 2.26. The lowest BCUT2D eigenvalue weighted by molar-refractivity contribution is -0.115. The van der Waals surface area contributed by atoms with E-state index < -0.39 is 0 Å². The molecule has 0 atom stereocenters. The van der Waals surface area contributed by atoms with Crippen LogP contribution < -0.4 is 10.6 Å². The fourth-order valence-corrected chi connectivity index (χ4v) is 4.85. The smallest absolute Gasteiger partial charge is 0.280 e. The molecule has 1 aliphatic rings. The molecule has 0 fully saturated rings. The third-order valence-corrected chi connectivity index (χ3v) is 6.57. The Morgan fingerprint density at radius 2 is 1.47 bits per heavy atom. The zero-order chi connectivity index (χ0) is 21.9. The number of carbonyl (C=O) groups excluding carboxylic acids is 1. The van der Waals surface area contributed by atoms with Gasteiger partial charge in [0, 0.05) is 0 Å². The molecule has 1 aromatic heterocycles. The second-order valence-electron chi connectivity index (χ2n) is 7.66. The Labute approximate surface area is 189 Å². The zero-order valence-corrected chi connectivity index (χ0v) is 18.2. The molecule has 160 valence electrons. The van der Waals surface area contributed by atoms with Gasteiger partial charge in [0.15, 0.2) is 5.16 Å². The van der Waals surface area contributed by atoms with E-state index in [1.165, 1.54) is 11.8 Å². The van der Waals surface area contributed by atoms with Crippen LogP contribution in [0.25, 0.3) is 0 Å². The highest BCUT2D eigenvalue weighted by molar-refractivity contribution is 7.99. The standard InChI is InChI=1S/C25H22N4O2S/c30-23(17-32-25-27-26-24(31)28(25)16-18-8-2-1-3-9-18)29-21-12-6-4-10-19(21)14-15-20-11-5-7-13-22(20)29/h1-13H,14-17H2,(H,26,31). The van der Waals surface area contributed by atoms with Gasteiger partial charge < -0.3 is 0 Å². The second-order valence-corrected chi connectivity index (χ2v) is 8.60. The van der Waals surface area contributed by atoms with Crippen LogP contribution >= 0.6 is 11.8 Å². The van der Waals surface area contributed by atoms with Crippen molar-refractivity contribution in [3.63, 3.8) is 0 Å². The van der Waals surface area contributed by atoms with Crippen LogP contribution in [0.2, 0.25) is 0 Å². The predicted molar refractivity (Wildman–Crippen MR) is 127 cm³/mol. The number of fused-ring (bicyclic) bond motifs is 2. The van der Waals surface area contributed by atoms with Gasteiger partial charge in [-0.25, -0.2) is 9.89 Å². The minimum Gasteiger partial charge on any atom is -0.280 e. The van der Waals surface area contributed by atoms with Crippen LogP contribution in [0.5, 0.6) is 0 Å². The quantitative estimate of drug-likeness (QED) is 0.471. The first-order valence-corrected chi connectivity index (χ1v) is 11.5. The number of hydrogen-bond acceptors (Lipinski definition) is 4. The summed E-state index contributed by atoms with van der Waals surface area (Å²) < 4.78 is 1.57. The summed E-state index contributed by atoms with van der Waals surface area (Å²) in [6, 6.07) is 25.9. The van der Waals surface area contributed by atoms with Gasteiger partial charge in [-0.1, -0.05) is 78.5 Å². The Kier molecular flexibility index (Phi) is 5.64. The average Bonchev–Trinajstić information content (AvgIpc) is 3.08. The van der Waals surface area contributed by atoms with E-state index in [1.54, 1.807) is 4.57 Å². The molecule has 0 saturated heterocycles. The van der Waals surface area contributed by atoms with Gasteiger partial charge in [0.2, 0.25) is 5.91 Å². The molecule has 0 spiro atoms. The average molecular weight is 443 g/mol. The van der Waals surface area contributed by atoms with Gasteiger partial charge in [-0.2, -0.15) is 0 Å². The van der Waals surface area contributed by atoms with Crippen molar-refractivity contribution in [3.8, 4) is 0 Å². The number of aryl methyl sites for hydroxylation is 2. The summed E-state index contributed by atoms with van der Waals surface area (Å²) in [6.45, 7) is 0.405. The van der Waals surface area contributed by atoms with Gasteiger partial charge in [-0.3, -0.25) is 14.3 Å². The van der Waals surface area contributed by atoms with Crippen molar-refractivity contribution in [3.05, 3.63) is 106 Å². The van der Waals surface area contributed by atoms with Crippen molar-refractivity contribution in [2.45, 2.75) is 24.5 Å². The monoisotopic (exact) mass is 442 g/mol.